The van der Waals surface area contributed by atoms with Crippen LogP contribution in [0.2, 0.25) is 0 Å². The predicted octanol–water partition coefficient (Wildman–Crippen LogP) is 0.831. The van der Waals surface area contributed by atoms with E-state index in [2.05, 4.69) is 34.0 Å². The molecule has 0 radical (unpaired) electrons. The van der Waals surface area contributed by atoms with Gasteiger partial charge in [0.1, 0.15) is 0 Å². The van der Waals surface area contributed by atoms with Crippen molar-refractivity contribution in [2.75, 3.05) is 19.6 Å². The minimum atomic E-state index is 0.357. The van der Waals surface area contributed by atoms with Gasteiger partial charge in [0.25, 0.3) is 0 Å². The third-order valence-corrected chi connectivity index (χ3v) is 3.10. The van der Waals surface area contributed by atoms with Crippen LogP contribution < -0.4 is 5.32 Å². The van der Waals surface area contributed by atoms with Crippen molar-refractivity contribution >= 4 is 0 Å². The summed E-state index contributed by atoms with van der Waals surface area (Å²) < 4.78 is 0. The number of hydrogen-bond donors (Lipinski definition) is 1. The fourth-order valence-corrected chi connectivity index (χ4v) is 2.05. The first kappa shape index (κ1) is 10.5. The smallest absolute Gasteiger partial charge is 0.0755 e. The first-order valence-electron chi connectivity index (χ1n) is 5.55. The lowest BCUT2D eigenvalue weighted by atomic mass is 10.1. The summed E-state index contributed by atoms with van der Waals surface area (Å²) in [6.45, 7) is 7.65. The number of aromatic nitrogens is 2. The van der Waals surface area contributed by atoms with E-state index in [9.17, 15) is 0 Å². The molecular formula is C11H18N4. The van der Waals surface area contributed by atoms with Gasteiger partial charge >= 0.3 is 0 Å². The molecule has 1 N–H and O–H groups in total. The normalized spacial score (nSPS) is 18.9. The van der Waals surface area contributed by atoms with Crippen LogP contribution in [0.4, 0.5) is 0 Å². The molecule has 4 nitrogen and oxygen atoms in total. The number of nitrogens with zero attached hydrogens (tertiary/aromatic N) is 3. The number of rotatable bonds is 4. The second-order valence-corrected chi connectivity index (χ2v) is 3.95. The lowest BCUT2D eigenvalue weighted by Gasteiger charge is -2.40. The van der Waals surface area contributed by atoms with Gasteiger partial charge in [-0.15, -0.1) is 0 Å². The third kappa shape index (κ3) is 2.16. The van der Waals surface area contributed by atoms with E-state index in [1.165, 1.54) is 0 Å². The molecule has 4 heteroatoms. The van der Waals surface area contributed by atoms with Crippen molar-refractivity contribution in [3.05, 3.63) is 24.3 Å². The zero-order chi connectivity index (χ0) is 10.7. The first-order chi connectivity index (χ1) is 7.33. The Bertz CT molecular complexity index is 297. The molecule has 1 fully saturated rings. The van der Waals surface area contributed by atoms with Crippen LogP contribution in [0.25, 0.3) is 0 Å². The maximum atomic E-state index is 4.36. The van der Waals surface area contributed by atoms with Gasteiger partial charge in [-0.2, -0.15) is 0 Å². The Hall–Kier alpha value is -1.00. The van der Waals surface area contributed by atoms with E-state index in [4.69, 9.17) is 0 Å². The second-order valence-electron chi connectivity index (χ2n) is 3.95. The summed E-state index contributed by atoms with van der Waals surface area (Å²) in [4.78, 5) is 11.0. The van der Waals surface area contributed by atoms with Gasteiger partial charge in [0.05, 0.1) is 11.7 Å². The van der Waals surface area contributed by atoms with Crippen LogP contribution in [0.15, 0.2) is 18.6 Å². The summed E-state index contributed by atoms with van der Waals surface area (Å²) >= 11 is 0. The van der Waals surface area contributed by atoms with Crippen molar-refractivity contribution in [1.82, 2.24) is 20.2 Å². The summed E-state index contributed by atoms with van der Waals surface area (Å²) in [5.41, 5.74) is 1.06. The van der Waals surface area contributed by atoms with Gasteiger partial charge in [-0.3, -0.25) is 14.9 Å². The lowest BCUT2D eigenvalue weighted by molar-refractivity contribution is 0.107. The standard InChI is InChI=1S/C11H18N4/c1-3-15(10-6-13-7-10)9(2)11-8-12-4-5-14-11/h4-5,8-10,13H,3,6-7H2,1-2H3. The molecule has 0 aliphatic carbocycles. The highest BCUT2D eigenvalue weighted by molar-refractivity contribution is 5.03. The monoisotopic (exact) mass is 206 g/mol. The lowest BCUT2D eigenvalue weighted by Crippen LogP contribution is -2.57. The zero-order valence-electron chi connectivity index (χ0n) is 9.35. The maximum absolute atomic E-state index is 4.36. The Labute approximate surface area is 90.7 Å². The molecule has 1 aliphatic rings. The van der Waals surface area contributed by atoms with Crippen molar-refractivity contribution in [3.63, 3.8) is 0 Å². The fraction of sp³-hybridized carbons (Fsp3) is 0.636. The van der Waals surface area contributed by atoms with E-state index >= 15 is 0 Å². The average Bonchev–Trinajstić information content (AvgIpc) is 2.23. The molecule has 1 aromatic heterocycles. The molecule has 0 saturated carbocycles. The summed E-state index contributed by atoms with van der Waals surface area (Å²) in [6.07, 6.45) is 5.34. The van der Waals surface area contributed by atoms with E-state index < -0.39 is 0 Å². The molecule has 1 saturated heterocycles. The van der Waals surface area contributed by atoms with Gasteiger partial charge in [0.15, 0.2) is 0 Å². The van der Waals surface area contributed by atoms with Gasteiger partial charge in [0, 0.05) is 37.7 Å². The van der Waals surface area contributed by atoms with Crippen molar-refractivity contribution in [3.8, 4) is 0 Å². The molecule has 2 heterocycles. The molecule has 1 aromatic rings. The Balaban J connectivity index is 2.07. The highest BCUT2D eigenvalue weighted by Crippen LogP contribution is 2.21. The molecule has 1 atom stereocenters. The van der Waals surface area contributed by atoms with Crippen LogP contribution in [0.3, 0.4) is 0 Å². The van der Waals surface area contributed by atoms with Crippen LogP contribution >= 0.6 is 0 Å². The molecule has 2 rings (SSSR count). The van der Waals surface area contributed by atoms with Crippen LogP contribution in [0.1, 0.15) is 25.6 Å². The SMILES string of the molecule is CCN(C1CNC1)C(C)c1cnccn1. The van der Waals surface area contributed by atoms with Gasteiger partial charge in [-0.25, -0.2) is 0 Å². The predicted molar refractivity (Wildman–Crippen MR) is 59.5 cm³/mol. The zero-order valence-corrected chi connectivity index (χ0v) is 9.35. The van der Waals surface area contributed by atoms with Crippen LogP contribution in [0, 0.1) is 0 Å². The first-order valence-corrected chi connectivity index (χ1v) is 5.55. The van der Waals surface area contributed by atoms with Crippen molar-refractivity contribution in [2.45, 2.75) is 25.9 Å². The van der Waals surface area contributed by atoms with E-state index in [0.29, 0.717) is 12.1 Å². The second kappa shape index (κ2) is 4.68. The highest BCUT2D eigenvalue weighted by Gasteiger charge is 2.28. The molecule has 82 valence electrons. The topological polar surface area (TPSA) is 41.0 Å². The molecule has 0 amide bonds. The van der Waals surface area contributed by atoms with Gasteiger partial charge < -0.3 is 5.32 Å². The molecule has 0 aromatic carbocycles. The van der Waals surface area contributed by atoms with E-state index in [0.717, 1.165) is 25.3 Å². The molecular weight excluding hydrogens is 188 g/mol. The largest absolute Gasteiger partial charge is 0.314 e. The third-order valence-electron chi connectivity index (χ3n) is 3.10. The number of likely N-dealkylation sites (N-methyl/N-ethyl adjacent to an activating group) is 1. The molecule has 1 aliphatic heterocycles. The number of nitrogens with one attached hydrogen (secondary N) is 1. The van der Waals surface area contributed by atoms with E-state index in [1.54, 1.807) is 12.4 Å². The summed E-state index contributed by atoms with van der Waals surface area (Å²) in [6, 6.07) is 1.02. The molecule has 1 unspecified atom stereocenters. The minimum absolute atomic E-state index is 0.357. The number of hydrogen-bond acceptors (Lipinski definition) is 4. The summed E-state index contributed by atoms with van der Waals surface area (Å²) in [5, 5.41) is 3.30. The maximum Gasteiger partial charge on any atom is 0.0755 e. The van der Waals surface area contributed by atoms with Gasteiger partial charge in [-0.1, -0.05) is 6.92 Å². The van der Waals surface area contributed by atoms with Crippen LogP contribution in [-0.2, 0) is 0 Å². The van der Waals surface area contributed by atoms with Gasteiger partial charge in [-0.05, 0) is 13.5 Å². The van der Waals surface area contributed by atoms with Gasteiger partial charge in [0.2, 0.25) is 0 Å². The van der Waals surface area contributed by atoms with Crippen molar-refractivity contribution < 1.29 is 0 Å². The Morgan fingerprint density at radius 3 is 2.80 bits per heavy atom. The van der Waals surface area contributed by atoms with Crippen molar-refractivity contribution in [2.24, 2.45) is 0 Å². The van der Waals surface area contributed by atoms with Crippen LogP contribution in [0.5, 0.6) is 0 Å². The molecule has 0 bridgehead atoms. The van der Waals surface area contributed by atoms with Crippen LogP contribution in [-0.4, -0.2) is 40.5 Å². The Kier molecular flexibility index (Phi) is 3.28. The summed E-state index contributed by atoms with van der Waals surface area (Å²) in [7, 11) is 0. The van der Waals surface area contributed by atoms with Crippen molar-refractivity contribution in [1.29, 1.82) is 0 Å². The minimum Gasteiger partial charge on any atom is -0.314 e. The van der Waals surface area contributed by atoms with E-state index in [1.807, 2.05) is 6.20 Å². The fourth-order valence-electron chi connectivity index (χ4n) is 2.05. The Morgan fingerprint density at radius 2 is 2.33 bits per heavy atom. The quantitative estimate of drug-likeness (QED) is 0.792. The Morgan fingerprint density at radius 1 is 1.53 bits per heavy atom. The summed E-state index contributed by atoms with van der Waals surface area (Å²) in [5.74, 6) is 0. The molecule has 0 spiro atoms. The molecule has 15 heavy (non-hydrogen) atoms. The average molecular weight is 206 g/mol. The highest BCUT2D eigenvalue weighted by atomic mass is 15.3. The van der Waals surface area contributed by atoms with E-state index in [-0.39, 0.29) is 0 Å².